The molecule has 1 atom stereocenters. The molecule has 0 radical (unpaired) electrons. The van der Waals surface area contributed by atoms with Gasteiger partial charge in [0, 0.05) is 35.7 Å². The van der Waals surface area contributed by atoms with Crippen molar-refractivity contribution in [1.29, 1.82) is 0 Å². The molecule has 2 aromatic heterocycles. The minimum absolute atomic E-state index is 0.0641. The fraction of sp³-hybridized carbons (Fsp3) is 0.588. The lowest BCUT2D eigenvalue weighted by molar-refractivity contribution is -0.116. The SMILES string of the molecule is CCn1ncc([C@H]2CC(=O)Nc3c2cnn3C2CCCC2)c1C. The molecule has 0 spiro atoms. The molecule has 1 aliphatic carbocycles. The number of amides is 1. The Hall–Kier alpha value is -2.11. The van der Waals surface area contributed by atoms with Crippen LogP contribution in [0, 0.1) is 6.92 Å². The van der Waals surface area contributed by atoms with Crippen molar-refractivity contribution in [2.45, 2.75) is 64.5 Å². The number of carbonyl (C=O) groups excluding carboxylic acids is 1. The number of carbonyl (C=O) groups is 1. The molecule has 1 N–H and O–H groups in total. The van der Waals surface area contributed by atoms with Crippen molar-refractivity contribution in [1.82, 2.24) is 19.6 Å². The lowest BCUT2D eigenvalue weighted by Gasteiger charge is -2.25. The Kier molecular flexibility index (Phi) is 3.47. The Morgan fingerprint density at radius 2 is 1.96 bits per heavy atom. The molecule has 1 fully saturated rings. The number of rotatable bonds is 3. The van der Waals surface area contributed by atoms with Gasteiger partial charge in [-0.05, 0) is 26.7 Å². The highest BCUT2D eigenvalue weighted by Crippen LogP contribution is 2.41. The number of nitrogens with one attached hydrogen (secondary N) is 1. The van der Waals surface area contributed by atoms with E-state index in [0.29, 0.717) is 12.5 Å². The lowest BCUT2D eigenvalue weighted by Crippen LogP contribution is -2.26. The first-order valence-electron chi connectivity index (χ1n) is 8.58. The van der Waals surface area contributed by atoms with Crippen LogP contribution < -0.4 is 5.32 Å². The van der Waals surface area contributed by atoms with Crippen LogP contribution in [0.2, 0.25) is 0 Å². The van der Waals surface area contributed by atoms with Crippen LogP contribution >= 0.6 is 0 Å². The molecule has 6 nitrogen and oxygen atoms in total. The summed E-state index contributed by atoms with van der Waals surface area (Å²) >= 11 is 0. The van der Waals surface area contributed by atoms with Gasteiger partial charge >= 0.3 is 0 Å². The lowest BCUT2D eigenvalue weighted by atomic mass is 9.87. The topological polar surface area (TPSA) is 64.7 Å². The minimum atomic E-state index is 0.0641. The first-order valence-corrected chi connectivity index (χ1v) is 8.58. The summed E-state index contributed by atoms with van der Waals surface area (Å²) in [4.78, 5) is 12.3. The summed E-state index contributed by atoms with van der Waals surface area (Å²) in [6.45, 7) is 5.01. The average Bonchev–Trinajstić information content (AvgIpc) is 3.24. The summed E-state index contributed by atoms with van der Waals surface area (Å²) < 4.78 is 4.04. The Morgan fingerprint density at radius 3 is 2.65 bits per heavy atom. The van der Waals surface area contributed by atoms with Crippen LogP contribution in [-0.2, 0) is 11.3 Å². The normalized spacial score (nSPS) is 21.5. The fourth-order valence-electron chi connectivity index (χ4n) is 4.06. The molecular formula is C17H23N5O. The molecule has 0 bridgehead atoms. The highest BCUT2D eigenvalue weighted by atomic mass is 16.1. The van der Waals surface area contributed by atoms with Crippen molar-refractivity contribution in [3.05, 3.63) is 29.2 Å². The summed E-state index contributed by atoms with van der Waals surface area (Å²) in [5.41, 5.74) is 3.43. The summed E-state index contributed by atoms with van der Waals surface area (Å²) in [5.74, 6) is 1.04. The van der Waals surface area contributed by atoms with Crippen LogP contribution in [-0.4, -0.2) is 25.5 Å². The molecule has 23 heavy (non-hydrogen) atoms. The van der Waals surface area contributed by atoms with Gasteiger partial charge in [-0.1, -0.05) is 12.8 Å². The Bertz CT molecular complexity index is 738. The second-order valence-electron chi connectivity index (χ2n) is 6.64. The van der Waals surface area contributed by atoms with Gasteiger partial charge in [0.05, 0.1) is 18.4 Å². The van der Waals surface area contributed by atoms with Crippen LogP contribution in [0.3, 0.4) is 0 Å². The largest absolute Gasteiger partial charge is 0.311 e. The number of anilines is 1. The number of aryl methyl sites for hydroxylation is 1. The van der Waals surface area contributed by atoms with E-state index < -0.39 is 0 Å². The van der Waals surface area contributed by atoms with Gasteiger partial charge in [-0.2, -0.15) is 10.2 Å². The third-order valence-electron chi connectivity index (χ3n) is 5.33. The van der Waals surface area contributed by atoms with Gasteiger partial charge in [-0.15, -0.1) is 0 Å². The van der Waals surface area contributed by atoms with Crippen LogP contribution in [0.25, 0.3) is 0 Å². The predicted octanol–water partition coefficient (Wildman–Crippen LogP) is 3.00. The fourth-order valence-corrected chi connectivity index (χ4v) is 4.06. The van der Waals surface area contributed by atoms with Crippen LogP contribution in [0.1, 0.15) is 67.8 Å². The minimum Gasteiger partial charge on any atom is -0.311 e. The molecule has 1 saturated carbocycles. The van der Waals surface area contributed by atoms with E-state index in [4.69, 9.17) is 0 Å². The van der Waals surface area contributed by atoms with E-state index in [1.807, 2.05) is 21.8 Å². The number of nitrogens with zero attached hydrogens (tertiary/aromatic N) is 4. The molecule has 0 aromatic carbocycles. The molecule has 3 heterocycles. The van der Waals surface area contributed by atoms with Gasteiger partial charge in [0.15, 0.2) is 0 Å². The van der Waals surface area contributed by atoms with E-state index >= 15 is 0 Å². The van der Waals surface area contributed by atoms with Crippen LogP contribution in [0.5, 0.6) is 0 Å². The smallest absolute Gasteiger partial charge is 0.226 e. The van der Waals surface area contributed by atoms with Crippen molar-refractivity contribution < 1.29 is 4.79 Å². The van der Waals surface area contributed by atoms with Crippen LogP contribution in [0.4, 0.5) is 5.82 Å². The standard InChI is InChI=1S/C17H23N5O/c1-3-21-11(2)14(9-18-21)13-8-16(23)20-17-15(13)10-19-22(17)12-6-4-5-7-12/h9-10,12-13H,3-8H2,1-2H3,(H,20,23)/t13-/m1/s1. The van der Waals surface area contributed by atoms with Crippen molar-refractivity contribution in [2.75, 3.05) is 5.32 Å². The zero-order valence-electron chi connectivity index (χ0n) is 13.7. The Labute approximate surface area is 135 Å². The summed E-state index contributed by atoms with van der Waals surface area (Å²) in [6, 6.07) is 0.428. The second kappa shape index (κ2) is 5.51. The monoisotopic (exact) mass is 313 g/mol. The van der Waals surface area contributed by atoms with Crippen LogP contribution in [0.15, 0.2) is 12.4 Å². The van der Waals surface area contributed by atoms with Gasteiger partial charge in [-0.3, -0.25) is 9.48 Å². The first-order chi connectivity index (χ1) is 11.2. The number of hydrogen-bond acceptors (Lipinski definition) is 3. The second-order valence-corrected chi connectivity index (χ2v) is 6.64. The van der Waals surface area contributed by atoms with Crippen molar-refractivity contribution in [2.24, 2.45) is 0 Å². The van der Waals surface area contributed by atoms with E-state index in [9.17, 15) is 4.79 Å². The molecule has 0 unspecified atom stereocenters. The highest BCUT2D eigenvalue weighted by molar-refractivity contribution is 5.94. The van der Waals surface area contributed by atoms with Gasteiger partial charge in [0.25, 0.3) is 0 Å². The van der Waals surface area contributed by atoms with Crippen molar-refractivity contribution >= 4 is 11.7 Å². The summed E-state index contributed by atoms with van der Waals surface area (Å²) in [6.07, 6.45) is 9.14. The summed E-state index contributed by atoms with van der Waals surface area (Å²) in [5, 5.41) is 12.1. The number of hydrogen-bond donors (Lipinski definition) is 1. The zero-order chi connectivity index (χ0) is 16.0. The van der Waals surface area contributed by atoms with Gasteiger partial charge in [0.2, 0.25) is 5.91 Å². The molecule has 122 valence electrons. The Morgan fingerprint density at radius 1 is 1.22 bits per heavy atom. The van der Waals surface area contributed by atoms with E-state index in [1.54, 1.807) is 0 Å². The highest BCUT2D eigenvalue weighted by Gasteiger charge is 2.33. The Balaban J connectivity index is 1.76. The quantitative estimate of drug-likeness (QED) is 0.947. The third kappa shape index (κ3) is 2.28. The van der Waals surface area contributed by atoms with Crippen molar-refractivity contribution in [3.63, 3.8) is 0 Å². The predicted molar refractivity (Wildman–Crippen MR) is 87.5 cm³/mol. The average molecular weight is 313 g/mol. The van der Waals surface area contributed by atoms with E-state index in [1.165, 1.54) is 12.8 Å². The van der Waals surface area contributed by atoms with E-state index in [2.05, 4.69) is 29.4 Å². The van der Waals surface area contributed by atoms with E-state index in [0.717, 1.165) is 42.0 Å². The molecule has 2 aliphatic rings. The molecule has 0 saturated heterocycles. The number of aromatic nitrogens is 4. The molecule has 1 aliphatic heterocycles. The zero-order valence-corrected chi connectivity index (χ0v) is 13.7. The molecule has 2 aromatic rings. The third-order valence-corrected chi connectivity index (χ3v) is 5.33. The molecular weight excluding hydrogens is 290 g/mol. The number of fused-ring (bicyclic) bond motifs is 1. The maximum atomic E-state index is 12.3. The first kappa shape index (κ1) is 14.5. The molecule has 6 heteroatoms. The molecule has 1 amide bonds. The maximum Gasteiger partial charge on any atom is 0.226 e. The van der Waals surface area contributed by atoms with Gasteiger partial charge < -0.3 is 5.32 Å². The van der Waals surface area contributed by atoms with Gasteiger partial charge in [-0.25, -0.2) is 4.68 Å². The van der Waals surface area contributed by atoms with E-state index in [-0.39, 0.29) is 11.8 Å². The van der Waals surface area contributed by atoms with Crippen molar-refractivity contribution in [3.8, 4) is 0 Å². The van der Waals surface area contributed by atoms with Gasteiger partial charge in [0.1, 0.15) is 5.82 Å². The summed E-state index contributed by atoms with van der Waals surface area (Å²) in [7, 11) is 0. The molecule has 4 rings (SSSR count). The maximum absolute atomic E-state index is 12.3.